The number of anilines is 2. The molecule has 148 valence electrons. The van der Waals surface area contributed by atoms with Crippen molar-refractivity contribution in [1.29, 1.82) is 0 Å². The number of primary amides is 1. The number of benzene rings is 2. The highest BCUT2D eigenvalue weighted by Crippen LogP contribution is 2.31. The second kappa shape index (κ2) is 7.92. The number of hydrogen-bond acceptors (Lipinski definition) is 4. The van der Waals surface area contributed by atoms with Crippen molar-refractivity contribution in [3.8, 4) is 0 Å². The van der Waals surface area contributed by atoms with E-state index < -0.39 is 11.9 Å². The smallest absolute Gasteiger partial charge is 0.336 e. The zero-order valence-electron chi connectivity index (χ0n) is 15.8. The monoisotopic (exact) mass is 398 g/mol. The first-order valence-corrected chi connectivity index (χ1v) is 9.16. The molecule has 2 heterocycles. The Morgan fingerprint density at radius 3 is 2.40 bits per heavy atom. The fourth-order valence-corrected chi connectivity index (χ4v) is 3.21. The zero-order chi connectivity index (χ0) is 21.1. The van der Waals surface area contributed by atoms with E-state index in [4.69, 9.17) is 5.73 Å². The molecule has 0 atom stereocenters. The number of pyridine rings is 1. The predicted octanol–water partition coefficient (Wildman–Crippen LogP) is 4.03. The third-order valence-corrected chi connectivity index (χ3v) is 4.67. The molecule has 0 aliphatic carbocycles. The van der Waals surface area contributed by atoms with Crippen molar-refractivity contribution in [2.75, 3.05) is 5.32 Å². The van der Waals surface area contributed by atoms with Crippen LogP contribution in [-0.2, 0) is 4.79 Å². The minimum atomic E-state index is -1.02. The number of carbonyl (C=O) groups excluding carboxylic acids is 1. The molecule has 2 aromatic carbocycles. The van der Waals surface area contributed by atoms with Gasteiger partial charge in [-0.3, -0.25) is 4.79 Å². The molecular weight excluding hydrogens is 380 g/mol. The topological polar surface area (TPSA) is 121 Å². The van der Waals surface area contributed by atoms with Gasteiger partial charge in [-0.1, -0.05) is 30.3 Å². The lowest BCUT2D eigenvalue weighted by Gasteiger charge is -2.09. The molecule has 0 unspecified atom stereocenters. The van der Waals surface area contributed by atoms with Crippen molar-refractivity contribution in [2.45, 2.75) is 0 Å². The number of H-pyrrole nitrogens is 1. The fourth-order valence-electron chi connectivity index (χ4n) is 3.21. The van der Waals surface area contributed by atoms with Crippen LogP contribution in [0.25, 0.3) is 22.7 Å². The van der Waals surface area contributed by atoms with Crippen LogP contribution in [0.1, 0.15) is 21.5 Å². The molecule has 7 nitrogen and oxygen atoms in total. The Bertz CT molecular complexity index is 1260. The van der Waals surface area contributed by atoms with E-state index in [1.54, 1.807) is 73.1 Å². The minimum Gasteiger partial charge on any atom is -0.478 e. The largest absolute Gasteiger partial charge is 0.478 e. The van der Waals surface area contributed by atoms with Gasteiger partial charge in [-0.2, -0.15) is 0 Å². The third-order valence-electron chi connectivity index (χ3n) is 4.67. The zero-order valence-corrected chi connectivity index (χ0v) is 15.8. The first-order valence-electron chi connectivity index (χ1n) is 9.16. The number of amides is 1. The Labute approximate surface area is 171 Å². The number of nitrogens with zero attached hydrogens (tertiary/aromatic N) is 1. The molecule has 0 saturated carbocycles. The molecule has 1 amide bonds. The number of nitrogens with one attached hydrogen (secondary N) is 2. The number of carboxylic acids is 1. The quantitative estimate of drug-likeness (QED) is 0.365. The van der Waals surface area contributed by atoms with Gasteiger partial charge in [0, 0.05) is 34.6 Å². The Morgan fingerprint density at radius 1 is 1.00 bits per heavy atom. The highest BCUT2D eigenvalue weighted by atomic mass is 16.4. The van der Waals surface area contributed by atoms with Gasteiger partial charge in [0.25, 0.3) is 0 Å². The highest BCUT2D eigenvalue weighted by Gasteiger charge is 2.14. The summed E-state index contributed by atoms with van der Waals surface area (Å²) in [6.45, 7) is 0. The van der Waals surface area contributed by atoms with E-state index in [1.807, 2.05) is 6.07 Å². The van der Waals surface area contributed by atoms with Gasteiger partial charge in [-0.15, -0.1) is 0 Å². The van der Waals surface area contributed by atoms with Crippen molar-refractivity contribution in [3.63, 3.8) is 0 Å². The normalized spacial score (nSPS) is 11.4. The molecule has 0 saturated heterocycles. The standard InChI is InChI=1S/C23H18N4O3/c24-21(28)15-6-8-17(9-7-15)27-19-10-11-25-22-20(19)16(13-26-22)12-18(23(29)30)14-4-2-1-3-5-14/h1-13H,(H2,24,28)(H,29,30)(H2,25,26,27)/b18-12+. The fraction of sp³-hybridized carbons (Fsp3) is 0. The highest BCUT2D eigenvalue weighted by molar-refractivity contribution is 6.22. The number of hydrogen-bond donors (Lipinski definition) is 4. The summed E-state index contributed by atoms with van der Waals surface area (Å²) in [6, 6.07) is 17.5. The van der Waals surface area contributed by atoms with Gasteiger partial charge < -0.3 is 21.1 Å². The van der Waals surface area contributed by atoms with Crippen LogP contribution in [0.2, 0.25) is 0 Å². The van der Waals surface area contributed by atoms with Crippen LogP contribution in [0.3, 0.4) is 0 Å². The number of aliphatic carboxylic acids is 1. The molecule has 0 fully saturated rings. The van der Waals surface area contributed by atoms with E-state index in [1.165, 1.54) is 0 Å². The number of carboxylic acid groups (broad SMARTS) is 1. The van der Waals surface area contributed by atoms with Crippen LogP contribution in [0.15, 0.2) is 73.1 Å². The lowest BCUT2D eigenvalue weighted by molar-refractivity contribution is -0.130. The van der Waals surface area contributed by atoms with Crippen molar-refractivity contribution >= 4 is 45.9 Å². The molecule has 0 aliphatic rings. The number of rotatable bonds is 6. The van der Waals surface area contributed by atoms with E-state index in [2.05, 4.69) is 15.3 Å². The van der Waals surface area contributed by atoms with E-state index >= 15 is 0 Å². The van der Waals surface area contributed by atoms with E-state index in [0.717, 1.165) is 16.8 Å². The average Bonchev–Trinajstić information content (AvgIpc) is 3.17. The van der Waals surface area contributed by atoms with Crippen LogP contribution < -0.4 is 11.1 Å². The summed E-state index contributed by atoms with van der Waals surface area (Å²) in [5.41, 5.74) is 9.31. The van der Waals surface area contributed by atoms with Gasteiger partial charge in [0.2, 0.25) is 5.91 Å². The van der Waals surface area contributed by atoms with E-state index in [0.29, 0.717) is 22.3 Å². The van der Waals surface area contributed by atoms with Crippen LogP contribution >= 0.6 is 0 Å². The van der Waals surface area contributed by atoms with Crippen LogP contribution in [0, 0.1) is 0 Å². The molecule has 0 radical (unpaired) electrons. The van der Waals surface area contributed by atoms with Crippen molar-refractivity contribution in [2.24, 2.45) is 5.73 Å². The molecular formula is C23H18N4O3. The Kier molecular flexibility index (Phi) is 5.00. The average molecular weight is 398 g/mol. The van der Waals surface area contributed by atoms with Gasteiger partial charge in [0.1, 0.15) is 5.65 Å². The minimum absolute atomic E-state index is 0.178. The molecule has 5 N–H and O–H groups in total. The van der Waals surface area contributed by atoms with Crippen LogP contribution in [0.5, 0.6) is 0 Å². The lowest BCUT2D eigenvalue weighted by atomic mass is 10.0. The number of carbonyl (C=O) groups is 2. The summed E-state index contributed by atoms with van der Waals surface area (Å²) >= 11 is 0. The summed E-state index contributed by atoms with van der Waals surface area (Å²) in [6.07, 6.45) is 5.01. The lowest BCUT2D eigenvalue weighted by Crippen LogP contribution is -2.10. The van der Waals surface area contributed by atoms with Crippen molar-refractivity contribution in [1.82, 2.24) is 9.97 Å². The van der Waals surface area contributed by atoms with Gasteiger partial charge in [0.05, 0.1) is 11.3 Å². The molecule has 4 rings (SSSR count). The molecule has 7 heteroatoms. The van der Waals surface area contributed by atoms with Crippen molar-refractivity contribution < 1.29 is 14.7 Å². The number of fused-ring (bicyclic) bond motifs is 1. The van der Waals surface area contributed by atoms with Gasteiger partial charge in [-0.05, 0) is 42.0 Å². The molecule has 2 aromatic heterocycles. The van der Waals surface area contributed by atoms with E-state index in [-0.39, 0.29) is 5.57 Å². The first-order chi connectivity index (χ1) is 14.5. The van der Waals surface area contributed by atoms with Gasteiger partial charge in [-0.25, -0.2) is 9.78 Å². The van der Waals surface area contributed by atoms with Gasteiger partial charge in [0.15, 0.2) is 0 Å². The maximum atomic E-state index is 11.9. The summed E-state index contributed by atoms with van der Waals surface area (Å²) < 4.78 is 0. The molecule has 0 spiro atoms. The van der Waals surface area contributed by atoms with Gasteiger partial charge >= 0.3 is 5.97 Å². The summed E-state index contributed by atoms with van der Waals surface area (Å²) in [5, 5.41) is 13.8. The second-order valence-corrected chi connectivity index (χ2v) is 6.62. The number of aromatic nitrogens is 2. The van der Waals surface area contributed by atoms with E-state index in [9.17, 15) is 14.7 Å². The predicted molar refractivity (Wildman–Crippen MR) is 116 cm³/mol. The molecule has 0 bridgehead atoms. The summed E-state index contributed by atoms with van der Waals surface area (Å²) in [4.78, 5) is 30.6. The number of nitrogens with two attached hydrogens (primary N) is 1. The number of aromatic amines is 1. The molecule has 4 aromatic rings. The summed E-state index contributed by atoms with van der Waals surface area (Å²) in [7, 11) is 0. The van der Waals surface area contributed by atoms with Crippen LogP contribution in [-0.4, -0.2) is 27.0 Å². The Morgan fingerprint density at radius 2 is 1.73 bits per heavy atom. The third kappa shape index (κ3) is 3.77. The first kappa shape index (κ1) is 18.9. The van der Waals surface area contributed by atoms with Crippen LogP contribution in [0.4, 0.5) is 11.4 Å². The maximum Gasteiger partial charge on any atom is 0.336 e. The maximum absolute atomic E-state index is 11.9. The molecule has 30 heavy (non-hydrogen) atoms. The van der Waals surface area contributed by atoms with Crippen molar-refractivity contribution in [3.05, 3.63) is 89.7 Å². The SMILES string of the molecule is NC(=O)c1ccc(Nc2ccnc3[nH]cc(/C=C(/C(=O)O)c4ccccc4)c23)cc1. The summed E-state index contributed by atoms with van der Waals surface area (Å²) in [5.74, 6) is -1.51. The second-order valence-electron chi connectivity index (χ2n) is 6.62. The Balaban J connectivity index is 1.77. The molecule has 0 aliphatic heterocycles. The Hall–Kier alpha value is -4.39.